The summed E-state index contributed by atoms with van der Waals surface area (Å²) in [6.45, 7) is 2.03. The lowest BCUT2D eigenvalue weighted by atomic mass is 10.0. The second-order valence-corrected chi connectivity index (χ2v) is 5.98. The molecular formula is C17H17N5O2. The van der Waals surface area contributed by atoms with E-state index < -0.39 is 12.1 Å². The van der Waals surface area contributed by atoms with Crippen molar-refractivity contribution in [1.29, 1.82) is 0 Å². The van der Waals surface area contributed by atoms with Crippen molar-refractivity contribution in [2.24, 2.45) is 0 Å². The molecule has 0 spiro atoms. The average molecular weight is 323 g/mol. The predicted molar refractivity (Wildman–Crippen MR) is 88.3 cm³/mol. The monoisotopic (exact) mass is 323 g/mol. The second-order valence-electron chi connectivity index (χ2n) is 5.98. The van der Waals surface area contributed by atoms with Crippen LogP contribution in [0.3, 0.4) is 0 Å². The topological polar surface area (TPSA) is 87.2 Å². The molecule has 1 atom stereocenters. The molecule has 0 bridgehead atoms. The van der Waals surface area contributed by atoms with Crippen molar-refractivity contribution in [1.82, 2.24) is 20.6 Å². The molecule has 2 aromatic rings. The summed E-state index contributed by atoms with van der Waals surface area (Å²) in [4.78, 5) is 34.0. The molecule has 0 radical (unpaired) electrons. The number of carbonyl (C=O) groups excluding carboxylic acids is 2. The van der Waals surface area contributed by atoms with Crippen LogP contribution in [-0.4, -0.2) is 35.0 Å². The van der Waals surface area contributed by atoms with Crippen LogP contribution in [0.15, 0.2) is 36.7 Å². The van der Waals surface area contributed by atoms with Gasteiger partial charge < -0.3 is 10.2 Å². The number of nitrogens with one attached hydrogen (secondary N) is 2. The largest absolute Gasteiger partial charge is 0.341 e. The van der Waals surface area contributed by atoms with Crippen LogP contribution in [0, 0.1) is 0 Å². The lowest BCUT2D eigenvalue weighted by Gasteiger charge is -2.14. The lowest BCUT2D eigenvalue weighted by Crippen LogP contribution is -2.22. The van der Waals surface area contributed by atoms with E-state index in [0.29, 0.717) is 0 Å². The predicted octanol–water partition coefficient (Wildman–Crippen LogP) is 1.62. The van der Waals surface area contributed by atoms with Crippen molar-refractivity contribution in [2.75, 3.05) is 18.0 Å². The summed E-state index contributed by atoms with van der Waals surface area (Å²) < 4.78 is 0. The van der Waals surface area contributed by atoms with Crippen molar-refractivity contribution in [2.45, 2.75) is 18.9 Å². The zero-order valence-electron chi connectivity index (χ0n) is 13.0. The molecule has 2 aliphatic heterocycles. The Morgan fingerprint density at radius 1 is 0.958 bits per heavy atom. The maximum absolute atomic E-state index is 11.7. The summed E-state index contributed by atoms with van der Waals surface area (Å²) in [6, 6.07) is 6.39. The first kappa shape index (κ1) is 14.6. The molecular weight excluding hydrogens is 306 g/mol. The molecule has 24 heavy (non-hydrogen) atoms. The molecule has 0 aliphatic carbocycles. The molecule has 7 nitrogen and oxygen atoms in total. The van der Waals surface area contributed by atoms with Gasteiger partial charge in [-0.1, -0.05) is 24.3 Å². The summed E-state index contributed by atoms with van der Waals surface area (Å²) in [5.41, 5.74) is 2.64. The Morgan fingerprint density at radius 3 is 2.21 bits per heavy atom. The molecule has 2 fully saturated rings. The summed E-state index contributed by atoms with van der Waals surface area (Å²) in [7, 11) is 0. The van der Waals surface area contributed by atoms with Crippen LogP contribution in [-0.2, 0) is 4.79 Å². The zero-order chi connectivity index (χ0) is 16.5. The molecule has 2 saturated heterocycles. The Kier molecular flexibility index (Phi) is 3.60. The van der Waals surface area contributed by atoms with Gasteiger partial charge in [0.15, 0.2) is 0 Å². The Bertz CT molecular complexity index is 767. The van der Waals surface area contributed by atoms with Crippen LogP contribution in [0.25, 0.3) is 11.1 Å². The molecule has 7 heteroatoms. The van der Waals surface area contributed by atoms with Gasteiger partial charge in [-0.25, -0.2) is 14.8 Å². The Morgan fingerprint density at radius 2 is 1.62 bits per heavy atom. The van der Waals surface area contributed by atoms with Crippen molar-refractivity contribution in [3.05, 3.63) is 42.2 Å². The number of hydrogen-bond donors (Lipinski definition) is 2. The number of anilines is 1. The highest BCUT2D eigenvalue weighted by molar-refractivity contribution is 6.04. The van der Waals surface area contributed by atoms with Crippen LogP contribution in [0.2, 0.25) is 0 Å². The number of urea groups is 1. The van der Waals surface area contributed by atoms with Crippen molar-refractivity contribution < 1.29 is 9.59 Å². The van der Waals surface area contributed by atoms with Crippen LogP contribution in [0.1, 0.15) is 24.4 Å². The third kappa shape index (κ3) is 2.68. The third-order valence-electron chi connectivity index (χ3n) is 4.38. The van der Waals surface area contributed by atoms with E-state index in [1.807, 2.05) is 36.7 Å². The number of nitrogens with zero attached hydrogens (tertiary/aromatic N) is 3. The van der Waals surface area contributed by atoms with E-state index in [2.05, 4.69) is 25.5 Å². The Labute approximate surface area is 139 Å². The average Bonchev–Trinajstić information content (AvgIpc) is 3.25. The second kappa shape index (κ2) is 5.92. The van der Waals surface area contributed by atoms with E-state index in [9.17, 15) is 9.59 Å². The van der Waals surface area contributed by atoms with Gasteiger partial charge in [0, 0.05) is 31.0 Å². The minimum atomic E-state index is -0.625. The number of aromatic nitrogens is 2. The van der Waals surface area contributed by atoms with Gasteiger partial charge in [0.2, 0.25) is 5.95 Å². The molecule has 2 N–H and O–H groups in total. The zero-order valence-corrected chi connectivity index (χ0v) is 13.0. The SMILES string of the molecule is O=C1NC(=O)C(c2ccc(-c3cnc(N4CCCC4)nc3)cc2)N1. The number of hydrogen-bond acceptors (Lipinski definition) is 5. The highest BCUT2D eigenvalue weighted by atomic mass is 16.2. The van der Waals surface area contributed by atoms with Gasteiger partial charge in [-0.05, 0) is 24.0 Å². The molecule has 1 aromatic carbocycles. The summed E-state index contributed by atoms with van der Waals surface area (Å²) >= 11 is 0. The van der Waals surface area contributed by atoms with Gasteiger partial charge in [-0.15, -0.1) is 0 Å². The lowest BCUT2D eigenvalue weighted by molar-refractivity contribution is -0.120. The maximum atomic E-state index is 11.7. The fraction of sp³-hybridized carbons (Fsp3) is 0.294. The van der Waals surface area contributed by atoms with E-state index in [-0.39, 0.29) is 5.91 Å². The quantitative estimate of drug-likeness (QED) is 0.838. The van der Waals surface area contributed by atoms with Crippen molar-refractivity contribution in [3.63, 3.8) is 0 Å². The van der Waals surface area contributed by atoms with E-state index in [4.69, 9.17) is 0 Å². The minimum Gasteiger partial charge on any atom is -0.341 e. The minimum absolute atomic E-state index is 0.328. The summed E-state index contributed by atoms with van der Waals surface area (Å²) in [6.07, 6.45) is 6.02. The first-order valence-corrected chi connectivity index (χ1v) is 7.99. The molecule has 3 amide bonds. The van der Waals surface area contributed by atoms with E-state index >= 15 is 0 Å². The fourth-order valence-electron chi connectivity index (χ4n) is 3.07. The fourth-order valence-corrected chi connectivity index (χ4v) is 3.07. The Hall–Kier alpha value is -2.96. The number of rotatable bonds is 3. The van der Waals surface area contributed by atoms with E-state index in [1.54, 1.807) is 0 Å². The standard InChI is InChI=1S/C17H17N5O2/c23-15-14(20-17(24)21-15)12-5-3-11(4-6-12)13-9-18-16(19-10-13)22-7-1-2-8-22/h3-6,9-10,14H,1-2,7-8H2,(H2,20,21,23,24). The van der Waals surface area contributed by atoms with Crippen LogP contribution >= 0.6 is 0 Å². The smallest absolute Gasteiger partial charge is 0.322 e. The molecule has 3 heterocycles. The Balaban J connectivity index is 1.52. The number of amides is 3. The van der Waals surface area contributed by atoms with Crippen LogP contribution in [0.5, 0.6) is 0 Å². The van der Waals surface area contributed by atoms with Gasteiger partial charge in [-0.2, -0.15) is 0 Å². The molecule has 4 rings (SSSR count). The molecule has 1 unspecified atom stereocenters. The summed E-state index contributed by atoms with van der Waals surface area (Å²) in [5.74, 6) is 0.448. The van der Waals surface area contributed by atoms with Gasteiger partial charge in [0.1, 0.15) is 6.04 Å². The number of carbonyl (C=O) groups is 2. The molecule has 1 aromatic heterocycles. The van der Waals surface area contributed by atoms with E-state index in [1.165, 1.54) is 12.8 Å². The summed E-state index contributed by atoms with van der Waals surface area (Å²) in [5, 5.41) is 4.82. The van der Waals surface area contributed by atoms with Gasteiger partial charge in [0.25, 0.3) is 5.91 Å². The van der Waals surface area contributed by atoms with E-state index in [0.717, 1.165) is 35.7 Å². The molecule has 2 aliphatic rings. The maximum Gasteiger partial charge on any atom is 0.322 e. The van der Waals surface area contributed by atoms with Crippen LogP contribution < -0.4 is 15.5 Å². The third-order valence-corrected chi connectivity index (χ3v) is 4.38. The van der Waals surface area contributed by atoms with Crippen molar-refractivity contribution in [3.8, 4) is 11.1 Å². The van der Waals surface area contributed by atoms with Gasteiger partial charge in [-0.3, -0.25) is 10.1 Å². The first-order valence-electron chi connectivity index (χ1n) is 7.99. The first-order chi connectivity index (χ1) is 11.7. The number of benzene rings is 1. The van der Waals surface area contributed by atoms with Gasteiger partial charge in [0.05, 0.1) is 0 Å². The number of imide groups is 1. The van der Waals surface area contributed by atoms with Gasteiger partial charge >= 0.3 is 6.03 Å². The highest BCUT2D eigenvalue weighted by Crippen LogP contribution is 2.24. The van der Waals surface area contributed by atoms with Crippen molar-refractivity contribution >= 4 is 17.9 Å². The van der Waals surface area contributed by atoms with Crippen LogP contribution in [0.4, 0.5) is 10.7 Å². The molecule has 0 saturated carbocycles. The molecule has 122 valence electrons. The highest BCUT2D eigenvalue weighted by Gasteiger charge is 2.30. The normalized spacial score (nSPS) is 20.2.